The molecule has 3 rings (SSSR count). The number of hydrogen-bond acceptors (Lipinski definition) is 3. The molecule has 5 heteroatoms. The highest BCUT2D eigenvalue weighted by Crippen LogP contribution is 2.14. The van der Waals surface area contributed by atoms with E-state index in [9.17, 15) is 9.59 Å². The van der Waals surface area contributed by atoms with Crippen molar-refractivity contribution in [3.63, 3.8) is 0 Å². The zero-order valence-corrected chi connectivity index (χ0v) is 13.9. The third-order valence-corrected chi connectivity index (χ3v) is 3.72. The first-order valence-corrected chi connectivity index (χ1v) is 7.92. The van der Waals surface area contributed by atoms with Gasteiger partial charge in [0.05, 0.1) is 6.26 Å². The number of nitrogens with one attached hydrogen (secondary N) is 1. The molecule has 0 spiro atoms. The van der Waals surface area contributed by atoms with Crippen molar-refractivity contribution in [2.45, 2.75) is 0 Å². The van der Waals surface area contributed by atoms with E-state index >= 15 is 0 Å². The Bertz CT molecular complexity index is 895. The van der Waals surface area contributed by atoms with Crippen molar-refractivity contribution in [1.82, 2.24) is 0 Å². The Morgan fingerprint density at radius 2 is 1.68 bits per heavy atom. The molecule has 0 aliphatic heterocycles. The molecule has 0 saturated carbocycles. The third kappa shape index (κ3) is 4.46. The van der Waals surface area contributed by atoms with Crippen LogP contribution in [0.25, 0.3) is 6.08 Å². The molecule has 0 aliphatic carbocycles. The fourth-order valence-corrected chi connectivity index (χ4v) is 2.29. The van der Waals surface area contributed by atoms with Crippen molar-refractivity contribution in [3.8, 4) is 0 Å². The van der Waals surface area contributed by atoms with Crippen LogP contribution in [0.3, 0.4) is 0 Å². The van der Waals surface area contributed by atoms with Crippen molar-refractivity contribution in [3.05, 3.63) is 94.9 Å². The summed E-state index contributed by atoms with van der Waals surface area (Å²) in [5.41, 5.74) is 2.00. The highest BCUT2D eigenvalue weighted by atomic mass is 35.5. The Labute approximate surface area is 149 Å². The minimum atomic E-state index is -0.341. The average molecular weight is 352 g/mol. The summed E-state index contributed by atoms with van der Waals surface area (Å²) in [4.78, 5) is 24.1. The molecule has 0 bridgehead atoms. The second-order valence-electron chi connectivity index (χ2n) is 5.26. The van der Waals surface area contributed by atoms with E-state index < -0.39 is 0 Å². The van der Waals surface area contributed by atoms with Crippen LogP contribution >= 0.6 is 11.6 Å². The Morgan fingerprint density at radius 1 is 0.960 bits per heavy atom. The summed E-state index contributed by atoms with van der Waals surface area (Å²) in [6.07, 6.45) is 4.66. The van der Waals surface area contributed by atoms with Crippen molar-refractivity contribution in [2.24, 2.45) is 0 Å². The smallest absolute Gasteiger partial charge is 0.291 e. The fourth-order valence-electron chi connectivity index (χ4n) is 2.16. The molecule has 0 saturated heterocycles. The highest BCUT2D eigenvalue weighted by Gasteiger charge is 2.09. The fraction of sp³-hybridized carbons (Fsp3) is 0. The van der Waals surface area contributed by atoms with Crippen LogP contribution in [0.4, 0.5) is 5.69 Å². The largest absolute Gasteiger partial charge is 0.459 e. The number of amides is 1. The van der Waals surface area contributed by atoms with E-state index in [1.165, 1.54) is 12.3 Å². The summed E-state index contributed by atoms with van der Waals surface area (Å²) in [6.45, 7) is 0. The molecule has 0 atom stereocenters. The summed E-state index contributed by atoms with van der Waals surface area (Å²) in [5.74, 6) is -0.239. The topological polar surface area (TPSA) is 59.3 Å². The molecule has 0 aliphatic rings. The highest BCUT2D eigenvalue weighted by molar-refractivity contribution is 6.30. The number of hydrogen-bond donors (Lipinski definition) is 1. The molecule has 1 amide bonds. The molecular weight excluding hydrogens is 338 g/mol. The maximum Gasteiger partial charge on any atom is 0.291 e. The molecular formula is C20H14ClNO3. The maximum absolute atomic E-state index is 12.2. The van der Waals surface area contributed by atoms with Gasteiger partial charge in [-0.05, 0) is 60.2 Å². The van der Waals surface area contributed by atoms with E-state index in [0.717, 1.165) is 5.56 Å². The molecule has 0 fully saturated rings. The van der Waals surface area contributed by atoms with Crippen LogP contribution in [0.15, 0.2) is 77.4 Å². The molecule has 1 N–H and O–H groups in total. The number of carbonyl (C=O) groups excluding carboxylic acids is 2. The van der Waals surface area contributed by atoms with Crippen LogP contribution in [-0.2, 0) is 0 Å². The average Bonchev–Trinajstić information content (AvgIpc) is 3.16. The third-order valence-electron chi connectivity index (χ3n) is 3.47. The van der Waals surface area contributed by atoms with E-state index in [2.05, 4.69) is 5.32 Å². The molecule has 4 nitrogen and oxygen atoms in total. The van der Waals surface area contributed by atoms with Gasteiger partial charge in [0.1, 0.15) is 0 Å². The summed E-state index contributed by atoms with van der Waals surface area (Å²) >= 11 is 5.83. The summed E-state index contributed by atoms with van der Waals surface area (Å²) in [6, 6.07) is 17.1. The normalized spacial score (nSPS) is 10.8. The van der Waals surface area contributed by atoms with Gasteiger partial charge in [0.2, 0.25) is 0 Å². The molecule has 2 aromatic carbocycles. The van der Waals surface area contributed by atoms with Gasteiger partial charge in [-0.15, -0.1) is 0 Å². The van der Waals surface area contributed by atoms with Crippen LogP contribution in [0.5, 0.6) is 0 Å². The Kier molecular flexibility index (Phi) is 5.11. The number of furan rings is 1. The van der Waals surface area contributed by atoms with E-state index in [-0.39, 0.29) is 17.5 Å². The van der Waals surface area contributed by atoms with Crippen LogP contribution in [-0.4, -0.2) is 11.7 Å². The second kappa shape index (κ2) is 7.64. The molecule has 3 aromatic rings. The number of rotatable bonds is 5. The first kappa shape index (κ1) is 16.7. The zero-order chi connectivity index (χ0) is 17.6. The van der Waals surface area contributed by atoms with Gasteiger partial charge in [0.15, 0.2) is 11.5 Å². The minimum absolute atomic E-state index is 0.126. The van der Waals surface area contributed by atoms with Crippen molar-refractivity contribution in [2.75, 3.05) is 5.32 Å². The van der Waals surface area contributed by atoms with E-state index in [1.807, 2.05) is 12.1 Å². The Balaban J connectivity index is 1.64. The summed E-state index contributed by atoms with van der Waals surface area (Å²) in [5, 5.41) is 3.35. The van der Waals surface area contributed by atoms with Crippen molar-refractivity contribution >= 4 is 35.1 Å². The summed E-state index contributed by atoms with van der Waals surface area (Å²) in [7, 11) is 0. The van der Waals surface area contributed by atoms with Gasteiger partial charge in [-0.1, -0.05) is 29.8 Å². The molecule has 0 unspecified atom stereocenters. The molecule has 1 aromatic heterocycles. The predicted octanol–water partition coefficient (Wildman–Crippen LogP) is 5.08. The van der Waals surface area contributed by atoms with Crippen LogP contribution in [0.2, 0.25) is 5.02 Å². The Morgan fingerprint density at radius 3 is 2.32 bits per heavy atom. The SMILES string of the molecule is O=C(C=Cc1ccc(Cl)cc1)c1ccc(NC(=O)c2ccco2)cc1. The van der Waals surface area contributed by atoms with Gasteiger partial charge in [-0.3, -0.25) is 9.59 Å². The standard InChI is InChI=1S/C20H14ClNO3/c21-16-8-3-14(4-9-16)5-12-18(23)15-6-10-17(11-7-15)22-20(24)19-2-1-13-25-19/h1-13H,(H,22,24). The van der Waals surface area contributed by atoms with E-state index in [1.54, 1.807) is 54.6 Å². The number of halogens is 1. The number of ketones is 1. The van der Waals surface area contributed by atoms with Gasteiger partial charge < -0.3 is 9.73 Å². The summed E-state index contributed by atoms with van der Waals surface area (Å²) < 4.78 is 5.03. The van der Waals surface area contributed by atoms with Crippen LogP contribution in [0, 0.1) is 0 Å². The number of anilines is 1. The van der Waals surface area contributed by atoms with Crippen LogP contribution in [0.1, 0.15) is 26.5 Å². The second-order valence-corrected chi connectivity index (χ2v) is 5.69. The minimum Gasteiger partial charge on any atom is -0.459 e. The number of allylic oxidation sites excluding steroid dienone is 1. The quantitative estimate of drug-likeness (QED) is 0.515. The zero-order valence-electron chi connectivity index (χ0n) is 13.1. The van der Waals surface area contributed by atoms with Crippen molar-refractivity contribution in [1.29, 1.82) is 0 Å². The van der Waals surface area contributed by atoms with Crippen molar-refractivity contribution < 1.29 is 14.0 Å². The lowest BCUT2D eigenvalue weighted by atomic mass is 10.1. The number of benzene rings is 2. The monoisotopic (exact) mass is 351 g/mol. The predicted molar refractivity (Wildman–Crippen MR) is 97.9 cm³/mol. The van der Waals surface area contributed by atoms with Gasteiger partial charge in [-0.25, -0.2) is 0 Å². The van der Waals surface area contributed by atoms with Gasteiger partial charge in [0.25, 0.3) is 5.91 Å². The molecule has 0 radical (unpaired) electrons. The lowest BCUT2D eigenvalue weighted by Crippen LogP contribution is -2.10. The van der Waals surface area contributed by atoms with Crippen LogP contribution < -0.4 is 5.32 Å². The maximum atomic E-state index is 12.2. The van der Waals surface area contributed by atoms with Gasteiger partial charge in [0, 0.05) is 16.3 Å². The lowest BCUT2D eigenvalue weighted by Gasteiger charge is -2.04. The van der Waals surface area contributed by atoms with E-state index in [4.69, 9.17) is 16.0 Å². The number of carbonyl (C=O) groups is 2. The van der Waals surface area contributed by atoms with Gasteiger partial charge in [-0.2, -0.15) is 0 Å². The first-order chi connectivity index (χ1) is 12.1. The molecule has 25 heavy (non-hydrogen) atoms. The molecule has 1 heterocycles. The van der Waals surface area contributed by atoms with Gasteiger partial charge >= 0.3 is 0 Å². The molecule has 124 valence electrons. The van der Waals surface area contributed by atoms with E-state index in [0.29, 0.717) is 16.3 Å². The lowest BCUT2D eigenvalue weighted by molar-refractivity contribution is 0.0996. The first-order valence-electron chi connectivity index (χ1n) is 7.55. The Hall–Kier alpha value is -3.11.